The fourth-order valence-corrected chi connectivity index (χ4v) is 2.18. The molecule has 2 N–H and O–H groups in total. The van der Waals surface area contributed by atoms with Crippen molar-refractivity contribution in [1.82, 2.24) is 10.6 Å². The smallest absolute Gasteiger partial charge is 0.220 e. The lowest BCUT2D eigenvalue weighted by Gasteiger charge is -2.09. The van der Waals surface area contributed by atoms with Gasteiger partial charge in [0.2, 0.25) is 5.91 Å². The number of hydrogen-bond donors (Lipinski definition) is 2. The Hall–Kier alpha value is -1.55. The van der Waals surface area contributed by atoms with E-state index in [2.05, 4.69) is 22.8 Å². The molecule has 4 nitrogen and oxygen atoms in total. The molecule has 0 bridgehead atoms. The minimum absolute atomic E-state index is 0.189. The molecule has 0 radical (unpaired) electrons. The molecule has 1 amide bonds. The van der Waals surface area contributed by atoms with Gasteiger partial charge in [-0.1, -0.05) is 12.1 Å². The van der Waals surface area contributed by atoms with Gasteiger partial charge in [-0.2, -0.15) is 0 Å². The van der Waals surface area contributed by atoms with Gasteiger partial charge in [0.05, 0.1) is 7.11 Å². The minimum Gasteiger partial charge on any atom is -0.496 e. The number of benzene rings is 1. The van der Waals surface area contributed by atoms with Gasteiger partial charge in [-0.05, 0) is 49.9 Å². The zero-order valence-electron chi connectivity index (χ0n) is 12.4. The second-order valence-electron chi connectivity index (χ2n) is 5.43. The molecule has 0 heterocycles. The lowest BCUT2D eigenvalue weighted by Crippen LogP contribution is -2.26. The van der Waals surface area contributed by atoms with Crippen LogP contribution in [0.5, 0.6) is 5.75 Å². The summed E-state index contributed by atoms with van der Waals surface area (Å²) >= 11 is 0. The second kappa shape index (κ2) is 7.29. The first kappa shape index (κ1) is 14.9. The predicted molar refractivity (Wildman–Crippen MR) is 79.8 cm³/mol. The standard InChI is InChI=1S/C16H24N2O2/c1-12-10-13(5-8-15(12)20-2)11-17-9-3-4-16(19)18-14-6-7-14/h5,8,10,14,17H,3-4,6-7,9,11H2,1-2H3,(H,18,19). The first-order valence-electron chi connectivity index (χ1n) is 7.32. The molecular weight excluding hydrogens is 252 g/mol. The highest BCUT2D eigenvalue weighted by Gasteiger charge is 2.22. The molecule has 1 saturated carbocycles. The van der Waals surface area contributed by atoms with Crippen LogP contribution in [0.1, 0.15) is 36.8 Å². The van der Waals surface area contributed by atoms with Crippen LogP contribution in [-0.2, 0) is 11.3 Å². The van der Waals surface area contributed by atoms with E-state index in [4.69, 9.17) is 4.74 Å². The van der Waals surface area contributed by atoms with Crippen LogP contribution in [-0.4, -0.2) is 25.6 Å². The maximum absolute atomic E-state index is 11.5. The van der Waals surface area contributed by atoms with E-state index in [0.29, 0.717) is 12.5 Å². The maximum atomic E-state index is 11.5. The molecule has 0 spiro atoms. The number of nitrogens with one attached hydrogen (secondary N) is 2. The van der Waals surface area contributed by atoms with E-state index in [1.165, 1.54) is 5.56 Å². The normalized spacial score (nSPS) is 14.1. The van der Waals surface area contributed by atoms with Crippen LogP contribution in [0.4, 0.5) is 0 Å². The van der Waals surface area contributed by atoms with Crippen molar-refractivity contribution < 1.29 is 9.53 Å². The van der Waals surface area contributed by atoms with E-state index in [9.17, 15) is 4.79 Å². The second-order valence-corrected chi connectivity index (χ2v) is 5.43. The molecule has 1 fully saturated rings. The Morgan fingerprint density at radius 3 is 2.85 bits per heavy atom. The molecule has 0 aliphatic heterocycles. The monoisotopic (exact) mass is 276 g/mol. The molecule has 1 aliphatic rings. The Labute approximate surface area is 120 Å². The Balaban J connectivity index is 1.60. The van der Waals surface area contributed by atoms with Crippen molar-refractivity contribution >= 4 is 5.91 Å². The number of amides is 1. The Morgan fingerprint density at radius 1 is 1.40 bits per heavy atom. The van der Waals surface area contributed by atoms with E-state index >= 15 is 0 Å². The van der Waals surface area contributed by atoms with Crippen LogP contribution in [0, 0.1) is 6.92 Å². The molecule has 4 heteroatoms. The number of methoxy groups -OCH3 is 1. The molecule has 0 atom stereocenters. The van der Waals surface area contributed by atoms with Crippen molar-refractivity contribution in [3.8, 4) is 5.75 Å². The molecule has 2 rings (SSSR count). The summed E-state index contributed by atoms with van der Waals surface area (Å²) in [5.41, 5.74) is 2.39. The zero-order chi connectivity index (χ0) is 14.4. The molecule has 1 aromatic carbocycles. The molecular formula is C16H24N2O2. The highest BCUT2D eigenvalue weighted by atomic mass is 16.5. The van der Waals surface area contributed by atoms with Crippen LogP contribution in [0.15, 0.2) is 18.2 Å². The van der Waals surface area contributed by atoms with E-state index in [0.717, 1.165) is 43.7 Å². The summed E-state index contributed by atoms with van der Waals surface area (Å²) in [5.74, 6) is 1.11. The van der Waals surface area contributed by atoms with Gasteiger partial charge in [0, 0.05) is 19.0 Å². The number of carbonyl (C=O) groups is 1. The van der Waals surface area contributed by atoms with Crippen molar-refractivity contribution in [2.75, 3.05) is 13.7 Å². The van der Waals surface area contributed by atoms with Crippen LogP contribution in [0.2, 0.25) is 0 Å². The van der Waals surface area contributed by atoms with Gasteiger partial charge in [-0.25, -0.2) is 0 Å². The topological polar surface area (TPSA) is 50.4 Å². The molecule has 0 unspecified atom stereocenters. The molecule has 1 aromatic rings. The van der Waals surface area contributed by atoms with Crippen molar-refractivity contribution in [3.05, 3.63) is 29.3 Å². The summed E-state index contributed by atoms with van der Waals surface area (Å²) in [6.07, 6.45) is 3.81. The number of ether oxygens (including phenoxy) is 1. The molecule has 0 saturated heterocycles. The average molecular weight is 276 g/mol. The Bertz CT molecular complexity index is 456. The lowest BCUT2D eigenvalue weighted by atomic mass is 10.1. The summed E-state index contributed by atoms with van der Waals surface area (Å²) in [7, 11) is 1.69. The van der Waals surface area contributed by atoms with E-state index in [-0.39, 0.29) is 5.91 Å². The average Bonchev–Trinajstić information content (AvgIpc) is 3.22. The highest BCUT2D eigenvalue weighted by molar-refractivity contribution is 5.76. The SMILES string of the molecule is COc1ccc(CNCCCC(=O)NC2CC2)cc1C. The van der Waals surface area contributed by atoms with Crippen LogP contribution in [0.3, 0.4) is 0 Å². The Kier molecular flexibility index (Phi) is 5.41. The third-order valence-electron chi connectivity index (χ3n) is 3.49. The summed E-state index contributed by atoms with van der Waals surface area (Å²) in [5, 5.41) is 6.37. The van der Waals surface area contributed by atoms with Gasteiger partial charge in [0.15, 0.2) is 0 Å². The van der Waals surface area contributed by atoms with E-state index in [1.54, 1.807) is 7.11 Å². The van der Waals surface area contributed by atoms with E-state index < -0.39 is 0 Å². The predicted octanol–water partition coefficient (Wildman–Crippen LogP) is 2.15. The number of rotatable bonds is 8. The van der Waals surface area contributed by atoms with Crippen molar-refractivity contribution in [2.45, 2.75) is 45.2 Å². The molecule has 110 valence electrons. The maximum Gasteiger partial charge on any atom is 0.220 e. The first-order chi connectivity index (χ1) is 9.69. The van der Waals surface area contributed by atoms with Crippen LogP contribution >= 0.6 is 0 Å². The summed E-state index contributed by atoms with van der Waals surface area (Å²) < 4.78 is 5.24. The van der Waals surface area contributed by atoms with Gasteiger partial charge in [-0.15, -0.1) is 0 Å². The van der Waals surface area contributed by atoms with Crippen molar-refractivity contribution in [3.63, 3.8) is 0 Å². The fraction of sp³-hybridized carbons (Fsp3) is 0.562. The summed E-state index contributed by atoms with van der Waals surface area (Å²) in [4.78, 5) is 11.5. The van der Waals surface area contributed by atoms with Crippen molar-refractivity contribution in [2.24, 2.45) is 0 Å². The van der Waals surface area contributed by atoms with Gasteiger partial charge >= 0.3 is 0 Å². The zero-order valence-corrected chi connectivity index (χ0v) is 12.4. The molecule has 1 aliphatic carbocycles. The summed E-state index contributed by atoms with van der Waals surface area (Å²) in [6.45, 7) is 3.74. The third-order valence-corrected chi connectivity index (χ3v) is 3.49. The Morgan fingerprint density at radius 2 is 2.20 bits per heavy atom. The highest BCUT2D eigenvalue weighted by Crippen LogP contribution is 2.19. The van der Waals surface area contributed by atoms with E-state index in [1.807, 2.05) is 13.0 Å². The molecule has 20 heavy (non-hydrogen) atoms. The largest absolute Gasteiger partial charge is 0.496 e. The van der Waals surface area contributed by atoms with Crippen LogP contribution < -0.4 is 15.4 Å². The van der Waals surface area contributed by atoms with Crippen molar-refractivity contribution in [1.29, 1.82) is 0 Å². The van der Waals surface area contributed by atoms with Gasteiger partial charge in [-0.3, -0.25) is 4.79 Å². The third kappa shape index (κ3) is 4.85. The number of aryl methyl sites for hydroxylation is 1. The fourth-order valence-electron chi connectivity index (χ4n) is 2.18. The minimum atomic E-state index is 0.189. The van der Waals surface area contributed by atoms with Gasteiger partial charge < -0.3 is 15.4 Å². The first-order valence-corrected chi connectivity index (χ1v) is 7.32. The molecule has 0 aromatic heterocycles. The lowest BCUT2D eigenvalue weighted by molar-refractivity contribution is -0.121. The number of hydrogen-bond acceptors (Lipinski definition) is 3. The van der Waals surface area contributed by atoms with Crippen LogP contribution in [0.25, 0.3) is 0 Å². The summed E-state index contributed by atoms with van der Waals surface area (Å²) in [6, 6.07) is 6.66. The van der Waals surface area contributed by atoms with Gasteiger partial charge in [0.25, 0.3) is 0 Å². The number of carbonyl (C=O) groups excluding carboxylic acids is 1. The quantitative estimate of drug-likeness (QED) is 0.715. The van der Waals surface area contributed by atoms with Gasteiger partial charge in [0.1, 0.15) is 5.75 Å².